The van der Waals surface area contributed by atoms with Gasteiger partial charge in [0.1, 0.15) is 5.75 Å². The number of nitrogen functional groups attached to an aromatic ring is 1. The lowest BCUT2D eigenvalue weighted by Gasteiger charge is -2.12. The van der Waals surface area contributed by atoms with Crippen LogP contribution < -0.4 is 10.5 Å². The number of hydrogen-bond donors (Lipinski definition) is 1. The fourth-order valence-electron chi connectivity index (χ4n) is 1.28. The minimum Gasteiger partial charge on any atom is -0.492 e. The maximum absolute atomic E-state index is 6.05. The smallest absolute Gasteiger partial charge is 0.143 e. The molecule has 1 aromatic rings. The van der Waals surface area contributed by atoms with E-state index in [0.29, 0.717) is 6.61 Å². The fraction of sp³-hybridized carbons (Fsp3) is 0.538. The van der Waals surface area contributed by atoms with Crippen molar-refractivity contribution in [2.24, 2.45) is 5.92 Å². The van der Waals surface area contributed by atoms with Crippen LogP contribution in [0.4, 0.5) is 5.69 Å². The Morgan fingerprint density at radius 2 is 2.12 bits per heavy atom. The van der Waals surface area contributed by atoms with Crippen molar-refractivity contribution in [2.45, 2.75) is 32.1 Å². The van der Waals surface area contributed by atoms with Crippen LogP contribution in [0.1, 0.15) is 27.2 Å². The van der Waals surface area contributed by atoms with E-state index in [1.54, 1.807) is 0 Å². The van der Waals surface area contributed by atoms with Gasteiger partial charge >= 0.3 is 0 Å². The van der Waals surface area contributed by atoms with E-state index >= 15 is 0 Å². The molecular weight excluding hydrogens is 218 g/mol. The molecule has 0 aliphatic carbocycles. The summed E-state index contributed by atoms with van der Waals surface area (Å²) in [5, 5.41) is 0. The van der Waals surface area contributed by atoms with Gasteiger partial charge < -0.3 is 10.5 Å². The zero-order chi connectivity index (χ0) is 12.0. The SMILES string of the molecule is CCOc1cccc(SCC(C)CC)c1N. The number of para-hydroxylation sites is 1. The topological polar surface area (TPSA) is 35.2 Å². The summed E-state index contributed by atoms with van der Waals surface area (Å²) in [4.78, 5) is 1.13. The van der Waals surface area contributed by atoms with Gasteiger partial charge in [-0.1, -0.05) is 26.3 Å². The Bertz CT molecular complexity index is 328. The number of rotatable bonds is 6. The van der Waals surface area contributed by atoms with Gasteiger partial charge in [0, 0.05) is 10.6 Å². The Balaban J connectivity index is 2.69. The standard InChI is InChI=1S/C13H21NOS/c1-4-10(3)9-16-12-8-6-7-11(13(12)14)15-5-2/h6-8,10H,4-5,9,14H2,1-3H3. The second-order valence-electron chi connectivity index (χ2n) is 3.93. The molecule has 0 aliphatic heterocycles. The van der Waals surface area contributed by atoms with Crippen LogP contribution in [0.5, 0.6) is 5.75 Å². The molecule has 0 radical (unpaired) electrons. The summed E-state index contributed by atoms with van der Waals surface area (Å²) >= 11 is 1.81. The largest absolute Gasteiger partial charge is 0.492 e. The molecule has 0 aliphatic rings. The minimum atomic E-state index is 0.656. The Hall–Kier alpha value is -0.830. The summed E-state index contributed by atoms with van der Waals surface area (Å²) in [6, 6.07) is 5.98. The van der Waals surface area contributed by atoms with Gasteiger partial charge in [0.15, 0.2) is 0 Å². The number of hydrogen-bond acceptors (Lipinski definition) is 3. The molecule has 2 N–H and O–H groups in total. The number of thioether (sulfide) groups is 1. The summed E-state index contributed by atoms with van der Waals surface area (Å²) in [6.07, 6.45) is 1.21. The third kappa shape index (κ3) is 3.63. The van der Waals surface area contributed by atoms with Gasteiger partial charge in [-0.25, -0.2) is 0 Å². The van der Waals surface area contributed by atoms with Crippen LogP contribution in [0.2, 0.25) is 0 Å². The Kier molecular flexibility index (Phi) is 5.53. The zero-order valence-electron chi connectivity index (χ0n) is 10.3. The lowest BCUT2D eigenvalue weighted by atomic mass is 10.2. The van der Waals surface area contributed by atoms with Crippen LogP contribution in [0.25, 0.3) is 0 Å². The molecule has 0 amide bonds. The van der Waals surface area contributed by atoms with Crippen molar-refractivity contribution in [3.63, 3.8) is 0 Å². The third-order valence-corrected chi connectivity index (χ3v) is 3.95. The first-order valence-corrected chi connectivity index (χ1v) is 6.81. The van der Waals surface area contributed by atoms with Crippen LogP contribution in [0.3, 0.4) is 0 Å². The van der Waals surface area contributed by atoms with Crippen LogP contribution >= 0.6 is 11.8 Å². The highest BCUT2D eigenvalue weighted by atomic mass is 32.2. The van der Waals surface area contributed by atoms with Gasteiger partial charge in [-0.2, -0.15) is 0 Å². The number of nitrogens with two attached hydrogens (primary N) is 1. The van der Waals surface area contributed by atoms with Gasteiger partial charge in [0.25, 0.3) is 0 Å². The molecule has 16 heavy (non-hydrogen) atoms. The van der Waals surface area contributed by atoms with Crippen molar-refractivity contribution in [2.75, 3.05) is 18.1 Å². The lowest BCUT2D eigenvalue weighted by molar-refractivity contribution is 0.341. The first-order valence-electron chi connectivity index (χ1n) is 5.83. The van der Waals surface area contributed by atoms with Crippen molar-refractivity contribution in [1.29, 1.82) is 0 Å². The molecule has 0 bridgehead atoms. The molecule has 3 heteroatoms. The minimum absolute atomic E-state index is 0.656. The first-order chi connectivity index (χ1) is 7.69. The van der Waals surface area contributed by atoms with Gasteiger partial charge in [-0.3, -0.25) is 0 Å². The van der Waals surface area contributed by atoms with Crippen molar-refractivity contribution in [3.8, 4) is 5.75 Å². The van der Waals surface area contributed by atoms with Crippen LogP contribution in [0.15, 0.2) is 23.1 Å². The predicted octanol–water partition coefficient (Wildman–Crippen LogP) is 3.81. The highest BCUT2D eigenvalue weighted by Crippen LogP contribution is 2.33. The van der Waals surface area contributed by atoms with E-state index in [-0.39, 0.29) is 0 Å². The fourth-order valence-corrected chi connectivity index (χ4v) is 2.41. The third-order valence-electron chi connectivity index (χ3n) is 2.55. The first kappa shape index (κ1) is 13.2. The van der Waals surface area contributed by atoms with Gasteiger partial charge in [-0.15, -0.1) is 11.8 Å². The Morgan fingerprint density at radius 1 is 1.38 bits per heavy atom. The highest BCUT2D eigenvalue weighted by molar-refractivity contribution is 7.99. The second kappa shape index (κ2) is 6.69. The van der Waals surface area contributed by atoms with E-state index in [2.05, 4.69) is 19.9 Å². The summed E-state index contributed by atoms with van der Waals surface area (Å²) < 4.78 is 5.47. The quantitative estimate of drug-likeness (QED) is 0.605. The molecule has 90 valence electrons. The van der Waals surface area contributed by atoms with E-state index in [1.165, 1.54) is 6.42 Å². The van der Waals surface area contributed by atoms with E-state index in [0.717, 1.165) is 28.0 Å². The van der Waals surface area contributed by atoms with E-state index in [4.69, 9.17) is 10.5 Å². The second-order valence-corrected chi connectivity index (χ2v) is 4.99. The number of benzene rings is 1. The van der Waals surface area contributed by atoms with Crippen LogP contribution in [0, 0.1) is 5.92 Å². The summed E-state index contributed by atoms with van der Waals surface area (Å²) in [7, 11) is 0. The number of ether oxygens (including phenoxy) is 1. The van der Waals surface area contributed by atoms with Crippen LogP contribution in [-0.2, 0) is 0 Å². The average Bonchev–Trinajstić information content (AvgIpc) is 2.30. The monoisotopic (exact) mass is 239 g/mol. The van der Waals surface area contributed by atoms with Gasteiger partial charge in [0.05, 0.1) is 12.3 Å². The zero-order valence-corrected chi connectivity index (χ0v) is 11.1. The summed E-state index contributed by atoms with van der Waals surface area (Å²) in [6.45, 7) is 7.10. The molecule has 0 aromatic heterocycles. The molecule has 2 nitrogen and oxygen atoms in total. The molecule has 0 spiro atoms. The maximum Gasteiger partial charge on any atom is 0.143 e. The van der Waals surface area contributed by atoms with Crippen LogP contribution in [-0.4, -0.2) is 12.4 Å². The Labute approximate surface area is 103 Å². The van der Waals surface area contributed by atoms with Gasteiger partial charge in [-0.05, 0) is 25.0 Å². The maximum atomic E-state index is 6.05. The van der Waals surface area contributed by atoms with E-state index < -0.39 is 0 Å². The molecule has 0 saturated heterocycles. The molecule has 1 aromatic carbocycles. The van der Waals surface area contributed by atoms with Crippen molar-refractivity contribution < 1.29 is 4.74 Å². The lowest BCUT2D eigenvalue weighted by Crippen LogP contribution is -2.00. The normalized spacial score (nSPS) is 12.4. The molecular formula is C13H21NOS. The van der Waals surface area contributed by atoms with Gasteiger partial charge in [0.2, 0.25) is 0 Å². The molecule has 0 heterocycles. The average molecular weight is 239 g/mol. The van der Waals surface area contributed by atoms with Crippen molar-refractivity contribution in [3.05, 3.63) is 18.2 Å². The summed E-state index contributed by atoms with van der Waals surface area (Å²) in [5.74, 6) is 2.63. The van der Waals surface area contributed by atoms with Crippen molar-refractivity contribution >= 4 is 17.4 Å². The highest BCUT2D eigenvalue weighted by Gasteiger charge is 2.07. The molecule has 1 unspecified atom stereocenters. The number of anilines is 1. The molecule has 1 atom stereocenters. The Morgan fingerprint density at radius 3 is 2.75 bits per heavy atom. The molecule has 0 fully saturated rings. The summed E-state index contributed by atoms with van der Waals surface area (Å²) in [5.41, 5.74) is 6.83. The molecule has 0 saturated carbocycles. The predicted molar refractivity (Wildman–Crippen MR) is 72.2 cm³/mol. The van der Waals surface area contributed by atoms with Crippen molar-refractivity contribution in [1.82, 2.24) is 0 Å². The van der Waals surface area contributed by atoms with E-state index in [9.17, 15) is 0 Å². The molecule has 1 rings (SSSR count). The van der Waals surface area contributed by atoms with E-state index in [1.807, 2.05) is 30.8 Å².